The van der Waals surface area contributed by atoms with Crippen LogP contribution in [0.1, 0.15) is 21.5 Å². The third-order valence-corrected chi connectivity index (χ3v) is 3.89. The number of benzene rings is 3. The molecule has 0 aliphatic heterocycles. The second-order valence-electron chi connectivity index (χ2n) is 5.68. The highest BCUT2D eigenvalue weighted by Gasteiger charge is 2.12. The summed E-state index contributed by atoms with van der Waals surface area (Å²) in [5.41, 5.74) is 5.78. The predicted molar refractivity (Wildman–Crippen MR) is 95.7 cm³/mol. The van der Waals surface area contributed by atoms with Crippen LogP contribution in [0.25, 0.3) is 11.1 Å². The summed E-state index contributed by atoms with van der Waals surface area (Å²) in [5.74, 6) is -0.0779. The number of hydrogen-bond donors (Lipinski definition) is 1. The molecular formula is C21H19NO. The Balaban J connectivity index is 1.93. The number of nitrogens with one attached hydrogen (secondary N) is 1. The fraction of sp³-hybridized carbons (Fsp3) is 0.0952. The van der Waals surface area contributed by atoms with Crippen molar-refractivity contribution in [1.82, 2.24) is 0 Å². The molecule has 3 aromatic rings. The third kappa shape index (κ3) is 3.32. The van der Waals surface area contributed by atoms with E-state index >= 15 is 0 Å². The first kappa shape index (κ1) is 15.0. The summed E-state index contributed by atoms with van der Waals surface area (Å²) in [5, 5.41) is 3.05. The molecule has 23 heavy (non-hydrogen) atoms. The number of amides is 1. The lowest BCUT2D eigenvalue weighted by atomic mass is 10.0. The van der Waals surface area contributed by atoms with Gasteiger partial charge in [-0.1, -0.05) is 66.2 Å². The van der Waals surface area contributed by atoms with Crippen LogP contribution in [0, 0.1) is 13.8 Å². The van der Waals surface area contributed by atoms with Crippen molar-refractivity contribution in [3.05, 3.63) is 89.5 Å². The molecule has 0 radical (unpaired) electrons. The Bertz CT molecular complexity index is 837. The lowest BCUT2D eigenvalue weighted by molar-refractivity contribution is 0.102. The zero-order valence-corrected chi connectivity index (χ0v) is 13.3. The molecule has 0 bridgehead atoms. The highest BCUT2D eigenvalue weighted by atomic mass is 16.1. The summed E-state index contributed by atoms with van der Waals surface area (Å²) >= 11 is 0. The van der Waals surface area contributed by atoms with Gasteiger partial charge in [0.1, 0.15) is 0 Å². The maximum atomic E-state index is 12.6. The van der Waals surface area contributed by atoms with Crippen LogP contribution in [0.15, 0.2) is 72.8 Å². The first-order valence-electron chi connectivity index (χ1n) is 7.68. The number of anilines is 1. The maximum absolute atomic E-state index is 12.6. The van der Waals surface area contributed by atoms with Crippen molar-refractivity contribution in [2.24, 2.45) is 0 Å². The van der Waals surface area contributed by atoms with Crippen LogP contribution in [0.2, 0.25) is 0 Å². The molecule has 3 rings (SSSR count). The number of carbonyl (C=O) groups excluding carboxylic acids is 1. The van der Waals surface area contributed by atoms with E-state index in [2.05, 4.69) is 5.32 Å². The number of rotatable bonds is 3. The Labute approximate surface area is 136 Å². The van der Waals surface area contributed by atoms with Crippen molar-refractivity contribution in [2.45, 2.75) is 13.8 Å². The summed E-state index contributed by atoms with van der Waals surface area (Å²) in [6, 6.07) is 23.8. The Morgan fingerprint density at radius 1 is 0.826 bits per heavy atom. The Morgan fingerprint density at radius 2 is 1.52 bits per heavy atom. The number of para-hydroxylation sites is 1. The van der Waals surface area contributed by atoms with Crippen LogP contribution in [0.5, 0.6) is 0 Å². The van der Waals surface area contributed by atoms with Crippen molar-refractivity contribution < 1.29 is 4.79 Å². The summed E-state index contributed by atoms with van der Waals surface area (Å²) in [7, 11) is 0. The molecule has 0 spiro atoms. The van der Waals surface area contributed by atoms with Crippen molar-refractivity contribution in [1.29, 1.82) is 0 Å². The van der Waals surface area contributed by atoms with Gasteiger partial charge in [-0.05, 0) is 37.1 Å². The van der Waals surface area contributed by atoms with Crippen molar-refractivity contribution in [3.63, 3.8) is 0 Å². The molecule has 3 aromatic carbocycles. The van der Waals surface area contributed by atoms with E-state index in [-0.39, 0.29) is 5.91 Å². The molecule has 2 nitrogen and oxygen atoms in total. The van der Waals surface area contributed by atoms with Crippen LogP contribution in [-0.2, 0) is 0 Å². The van der Waals surface area contributed by atoms with Gasteiger partial charge in [0, 0.05) is 16.8 Å². The summed E-state index contributed by atoms with van der Waals surface area (Å²) in [6.45, 7) is 3.99. The molecule has 0 saturated heterocycles. The summed E-state index contributed by atoms with van der Waals surface area (Å²) in [4.78, 5) is 12.6. The molecule has 0 aromatic heterocycles. The summed E-state index contributed by atoms with van der Waals surface area (Å²) in [6.07, 6.45) is 0. The van der Waals surface area contributed by atoms with E-state index in [0.29, 0.717) is 5.56 Å². The molecule has 0 fully saturated rings. The molecule has 0 atom stereocenters. The van der Waals surface area contributed by atoms with Gasteiger partial charge >= 0.3 is 0 Å². The van der Waals surface area contributed by atoms with Gasteiger partial charge in [-0.2, -0.15) is 0 Å². The van der Waals surface area contributed by atoms with E-state index in [4.69, 9.17) is 0 Å². The van der Waals surface area contributed by atoms with E-state index in [1.54, 1.807) is 0 Å². The quantitative estimate of drug-likeness (QED) is 0.705. The van der Waals surface area contributed by atoms with E-state index in [9.17, 15) is 4.79 Å². The van der Waals surface area contributed by atoms with Crippen molar-refractivity contribution in [2.75, 3.05) is 5.32 Å². The zero-order valence-electron chi connectivity index (χ0n) is 13.3. The first-order chi connectivity index (χ1) is 11.1. The maximum Gasteiger partial charge on any atom is 0.255 e. The van der Waals surface area contributed by atoms with Crippen molar-refractivity contribution in [3.8, 4) is 11.1 Å². The highest BCUT2D eigenvalue weighted by Crippen LogP contribution is 2.28. The average Bonchev–Trinajstić information content (AvgIpc) is 2.56. The highest BCUT2D eigenvalue weighted by molar-refractivity contribution is 6.07. The minimum absolute atomic E-state index is 0.0779. The van der Waals surface area contributed by atoms with Crippen LogP contribution in [0.4, 0.5) is 5.69 Å². The fourth-order valence-electron chi connectivity index (χ4n) is 2.72. The second-order valence-corrected chi connectivity index (χ2v) is 5.68. The van der Waals surface area contributed by atoms with Crippen LogP contribution < -0.4 is 5.32 Å². The van der Waals surface area contributed by atoms with E-state index in [1.807, 2.05) is 86.6 Å². The Hall–Kier alpha value is -2.87. The number of carbonyl (C=O) groups is 1. The number of aryl methyl sites for hydroxylation is 2. The van der Waals surface area contributed by atoms with Gasteiger partial charge in [0.15, 0.2) is 0 Å². The van der Waals surface area contributed by atoms with Gasteiger partial charge in [-0.25, -0.2) is 0 Å². The van der Waals surface area contributed by atoms with Gasteiger partial charge in [0.05, 0.1) is 0 Å². The predicted octanol–water partition coefficient (Wildman–Crippen LogP) is 5.22. The Kier molecular flexibility index (Phi) is 4.24. The fourth-order valence-corrected chi connectivity index (χ4v) is 2.72. The second kappa shape index (κ2) is 6.49. The van der Waals surface area contributed by atoms with E-state index in [1.165, 1.54) is 0 Å². The SMILES string of the molecule is Cc1ccc(C(=O)Nc2ccccc2-c2ccccc2)c(C)c1. The van der Waals surface area contributed by atoms with Gasteiger partial charge in [0.25, 0.3) is 5.91 Å². The first-order valence-corrected chi connectivity index (χ1v) is 7.68. The van der Waals surface area contributed by atoms with Crippen LogP contribution in [-0.4, -0.2) is 5.91 Å². The molecule has 2 heteroatoms. The van der Waals surface area contributed by atoms with E-state index in [0.717, 1.165) is 27.9 Å². The van der Waals surface area contributed by atoms with Gasteiger partial charge in [0.2, 0.25) is 0 Å². The van der Waals surface area contributed by atoms with Gasteiger partial charge in [-0.3, -0.25) is 4.79 Å². The molecule has 1 N–H and O–H groups in total. The van der Waals surface area contributed by atoms with Gasteiger partial charge in [-0.15, -0.1) is 0 Å². The molecule has 0 unspecified atom stereocenters. The van der Waals surface area contributed by atoms with E-state index < -0.39 is 0 Å². The lowest BCUT2D eigenvalue weighted by Crippen LogP contribution is -2.14. The molecule has 1 amide bonds. The Morgan fingerprint density at radius 3 is 2.26 bits per heavy atom. The third-order valence-electron chi connectivity index (χ3n) is 3.89. The molecule has 0 saturated carbocycles. The lowest BCUT2D eigenvalue weighted by Gasteiger charge is -2.12. The smallest absolute Gasteiger partial charge is 0.255 e. The van der Waals surface area contributed by atoms with Crippen LogP contribution in [0.3, 0.4) is 0 Å². The normalized spacial score (nSPS) is 10.3. The summed E-state index contributed by atoms with van der Waals surface area (Å²) < 4.78 is 0. The molecular weight excluding hydrogens is 282 g/mol. The molecule has 0 aliphatic carbocycles. The largest absolute Gasteiger partial charge is 0.321 e. The monoisotopic (exact) mass is 301 g/mol. The molecule has 114 valence electrons. The van der Waals surface area contributed by atoms with Crippen molar-refractivity contribution >= 4 is 11.6 Å². The average molecular weight is 301 g/mol. The van der Waals surface area contributed by atoms with Gasteiger partial charge < -0.3 is 5.32 Å². The topological polar surface area (TPSA) is 29.1 Å². The zero-order chi connectivity index (χ0) is 16.2. The standard InChI is InChI=1S/C21H19NO/c1-15-12-13-18(16(2)14-15)21(23)22-20-11-7-6-10-19(20)17-8-4-3-5-9-17/h3-14H,1-2H3,(H,22,23). The van der Waals surface area contributed by atoms with Crippen LogP contribution >= 0.6 is 0 Å². The molecule has 0 aliphatic rings. The number of hydrogen-bond acceptors (Lipinski definition) is 1. The molecule has 0 heterocycles. The minimum Gasteiger partial charge on any atom is -0.321 e. The minimum atomic E-state index is -0.0779.